The molecule has 1 aromatic heterocycles. The van der Waals surface area contributed by atoms with Gasteiger partial charge in [-0.15, -0.1) is 0 Å². The van der Waals surface area contributed by atoms with Gasteiger partial charge in [-0.25, -0.2) is 9.36 Å². The number of hydrogen-bond acceptors (Lipinski definition) is 9. The molecule has 0 saturated carbocycles. The van der Waals surface area contributed by atoms with Gasteiger partial charge < -0.3 is 24.0 Å². The molecule has 14 heteroatoms. The number of hydrogen-bond donors (Lipinski definition) is 5. The molecule has 0 bridgehead atoms. The van der Waals surface area contributed by atoms with Crippen LogP contribution in [0.3, 0.4) is 0 Å². The maximum absolute atomic E-state index is 12.1. The van der Waals surface area contributed by atoms with Gasteiger partial charge in [0.05, 0.1) is 6.10 Å². The second kappa shape index (κ2) is 8.73. The summed E-state index contributed by atoms with van der Waals surface area (Å²) in [7, 11) is -1.94. The van der Waals surface area contributed by atoms with Crippen molar-refractivity contribution in [3.05, 3.63) is 33.1 Å². The first-order chi connectivity index (χ1) is 12.6. The second-order valence-corrected chi connectivity index (χ2v) is 7.01. The van der Waals surface area contributed by atoms with Crippen LogP contribution in [0.5, 0.6) is 0 Å². The van der Waals surface area contributed by atoms with Gasteiger partial charge in [0.15, 0.2) is 12.6 Å². The van der Waals surface area contributed by atoms with Gasteiger partial charge in [-0.2, -0.15) is 0 Å². The zero-order chi connectivity index (χ0) is 20.4. The summed E-state index contributed by atoms with van der Waals surface area (Å²) in [6.07, 6.45) is -4.85. The molecule has 1 fully saturated rings. The van der Waals surface area contributed by atoms with Crippen molar-refractivity contribution in [3.63, 3.8) is 0 Å². The standard InChI is InChI=1S/C13H23N4O9P/c1-6(26-27(20,21)22)8-9(25-12(14)15-2)10(23-3)11(24-8)17-5-4-7(18)16-13(17)19/h4-6,8-12,15H,14H2,1-3H3,(H,16,18,19)(H2,20,21,22)/t6-,8-,9?,10?,11-,12?/m1/s1. The molecule has 2 rings (SSSR count). The van der Waals surface area contributed by atoms with Crippen molar-refractivity contribution < 1.29 is 33.1 Å². The van der Waals surface area contributed by atoms with Crippen molar-refractivity contribution in [1.29, 1.82) is 0 Å². The first kappa shape index (κ1) is 21.9. The van der Waals surface area contributed by atoms with Crippen LogP contribution in [0.15, 0.2) is 21.9 Å². The maximum atomic E-state index is 12.1. The zero-order valence-corrected chi connectivity index (χ0v) is 15.7. The smallest absolute Gasteiger partial charge is 0.374 e. The Kier molecular flexibility index (Phi) is 7.08. The van der Waals surface area contributed by atoms with Gasteiger partial charge in [0.25, 0.3) is 5.56 Å². The Morgan fingerprint density at radius 1 is 1.41 bits per heavy atom. The van der Waals surface area contributed by atoms with Crippen LogP contribution in [0.25, 0.3) is 0 Å². The Labute approximate surface area is 153 Å². The van der Waals surface area contributed by atoms with Crippen molar-refractivity contribution in [1.82, 2.24) is 14.9 Å². The number of aromatic amines is 1. The monoisotopic (exact) mass is 410 g/mol. The normalized spacial score (nSPS) is 28.2. The molecule has 13 nitrogen and oxygen atoms in total. The Hall–Kier alpha value is -1.41. The lowest BCUT2D eigenvalue weighted by molar-refractivity contribution is -0.114. The summed E-state index contributed by atoms with van der Waals surface area (Å²) in [5, 5.41) is 2.65. The van der Waals surface area contributed by atoms with Crippen LogP contribution in [-0.2, 0) is 23.3 Å². The summed E-state index contributed by atoms with van der Waals surface area (Å²) in [6, 6.07) is 1.12. The molecule has 1 aliphatic heterocycles. The van der Waals surface area contributed by atoms with E-state index >= 15 is 0 Å². The average molecular weight is 410 g/mol. The highest BCUT2D eigenvalue weighted by Crippen LogP contribution is 2.42. The van der Waals surface area contributed by atoms with E-state index in [0.29, 0.717) is 0 Å². The Morgan fingerprint density at radius 3 is 2.59 bits per heavy atom. The predicted molar refractivity (Wildman–Crippen MR) is 90.5 cm³/mol. The SMILES string of the molecule is CNC(N)OC1C(OC)[C@H](n2ccc(=O)[nH]c2=O)O[C@@H]1[C@@H](C)OP(=O)(O)O. The number of rotatable bonds is 8. The third-order valence-corrected chi connectivity index (χ3v) is 4.58. The average Bonchev–Trinajstić information content (AvgIpc) is 2.91. The molecule has 6 N–H and O–H groups in total. The molecule has 6 atom stereocenters. The van der Waals surface area contributed by atoms with E-state index in [1.807, 2.05) is 0 Å². The van der Waals surface area contributed by atoms with Gasteiger partial charge in [-0.05, 0) is 14.0 Å². The minimum atomic E-state index is -4.82. The molecule has 154 valence electrons. The first-order valence-electron chi connectivity index (χ1n) is 7.89. The molecule has 1 aliphatic rings. The molecule has 0 spiro atoms. The van der Waals surface area contributed by atoms with E-state index in [-0.39, 0.29) is 0 Å². The van der Waals surface area contributed by atoms with Gasteiger partial charge in [-0.3, -0.25) is 29.9 Å². The van der Waals surface area contributed by atoms with Gasteiger partial charge in [0.2, 0.25) is 0 Å². The number of ether oxygens (including phenoxy) is 3. The summed E-state index contributed by atoms with van der Waals surface area (Å²) >= 11 is 0. The zero-order valence-electron chi connectivity index (χ0n) is 14.8. The maximum Gasteiger partial charge on any atom is 0.469 e. The van der Waals surface area contributed by atoms with Crippen molar-refractivity contribution >= 4 is 7.82 Å². The highest BCUT2D eigenvalue weighted by molar-refractivity contribution is 7.46. The lowest BCUT2D eigenvalue weighted by Gasteiger charge is -2.28. The van der Waals surface area contributed by atoms with E-state index in [1.54, 1.807) is 0 Å². The molecule has 0 aliphatic carbocycles. The minimum Gasteiger partial charge on any atom is -0.374 e. The van der Waals surface area contributed by atoms with Crippen LogP contribution in [0.2, 0.25) is 0 Å². The van der Waals surface area contributed by atoms with Gasteiger partial charge in [0.1, 0.15) is 18.3 Å². The van der Waals surface area contributed by atoms with Gasteiger partial charge in [0, 0.05) is 19.4 Å². The number of methoxy groups -OCH3 is 1. The van der Waals surface area contributed by atoms with E-state index < -0.39 is 56.1 Å². The van der Waals surface area contributed by atoms with Crippen molar-refractivity contribution in [2.75, 3.05) is 14.2 Å². The molecular weight excluding hydrogens is 387 g/mol. The van der Waals surface area contributed by atoms with E-state index in [9.17, 15) is 14.2 Å². The van der Waals surface area contributed by atoms with Crippen LogP contribution in [0, 0.1) is 0 Å². The van der Waals surface area contributed by atoms with Gasteiger partial charge in [-0.1, -0.05) is 0 Å². The number of phosphoric acid groups is 1. The van der Waals surface area contributed by atoms with E-state index in [2.05, 4.69) is 10.3 Å². The molecule has 1 aromatic rings. The fourth-order valence-electron chi connectivity index (χ4n) is 2.81. The summed E-state index contributed by atoms with van der Waals surface area (Å²) in [5.74, 6) is 0. The van der Waals surface area contributed by atoms with Crippen LogP contribution < -0.4 is 22.3 Å². The minimum absolute atomic E-state index is 0.594. The summed E-state index contributed by atoms with van der Waals surface area (Å²) < 4.78 is 33.8. The predicted octanol–water partition coefficient (Wildman–Crippen LogP) is -2.21. The summed E-state index contributed by atoms with van der Waals surface area (Å²) in [6.45, 7) is 1.37. The Balaban J connectivity index is 2.40. The third-order valence-electron chi connectivity index (χ3n) is 3.98. The van der Waals surface area contributed by atoms with Crippen LogP contribution in [-0.4, -0.2) is 64.3 Å². The number of aromatic nitrogens is 2. The topological polar surface area (TPSA) is 187 Å². The molecule has 27 heavy (non-hydrogen) atoms. The summed E-state index contributed by atoms with van der Waals surface area (Å²) in [5.41, 5.74) is 4.39. The van der Waals surface area contributed by atoms with Crippen molar-refractivity contribution in [2.45, 2.75) is 43.9 Å². The molecule has 0 aromatic carbocycles. The van der Waals surface area contributed by atoms with Crippen LogP contribution in [0.4, 0.5) is 0 Å². The number of phosphoric ester groups is 1. The highest BCUT2D eigenvalue weighted by Gasteiger charge is 2.51. The molecule has 0 amide bonds. The van der Waals surface area contributed by atoms with E-state index in [4.69, 9.17) is 34.3 Å². The Bertz CT molecular complexity index is 792. The lowest BCUT2D eigenvalue weighted by Crippen LogP contribution is -2.49. The highest BCUT2D eigenvalue weighted by atomic mass is 31.2. The fourth-order valence-corrected chi connectivity index (χ4v) is 3.37. The number of H-pyrrole nitrogens is 1. The molecule has 0 radical (unpaired) electrons. The lowest BCUT2D eigenvalue weighted by atomic mass is 10.1. The quantitative estimate of drug-likeness (QED) is 0.231. The largest absolute Gasteiger partial charge is 0.469 e. The molecule has 2 heterocycles. The second-order valence-electron chi connectivity index (χ2n) is 5.82. The third kappa shape index (κ3) is 5.31. The van der Waals surface area contributed by atoms with E-state index in [0.717, 1.165) is 10.6 Å². The number of nitrogens with one attached hydrogen (secondary N) is 2. The molecular formula is C13H23N4O9P. The van der Waals surface area contributed by atoms with Crippen molar-refractivity contribution in [3.8, 4) is 0 Å². The Morgan fingerprint density at radius 2 is 2.07 bits per heavy atom. The van der Waals surface area contributed by atoms with Gasteiger partial charge >= 0.3 is 13.5 Å². The molecule has 3 unspecified atom stereocenters. The number of nitrogens with zero attached hydrogens (tertiary/aromatic N) is 1. The molecule has 1 saturated heterocycles. The first-order valence-corrected chi connectivity index (χ1v) is 9.42. The fraction of sp³-hybridized carbons (Fsp3) is 0.692. The van der Waals surface area contributed by atoms with E-state index in [1.165, 1.54) is 27.3 Å². The summed E-state index contributed by atoms with van der Waals surface area (Å²) in [4.78, 5) is 43.6. The van der Waals surface area contributed by atoms with Crippen molar-refractivity contribution in [2.24, 2.45) is 5.73 Å². The number of nitrogens with two attached hydrogens (primary N) is 1. The van der Waals surface area contributed by atoms with Crippen LogP contribution >= 0.6 is 7.82 Å². The van der Waals surface area contributed by atoms with Crippen LogP contribution in [0.1, 0.15) is 13.2 Å².